The van der Waals surface area contributed by atoms with E-state index in [9.17, 15) is 0 Å². The van der Waals surface area contributed by atoms with Gasteiger partial charge in [0, 0.05) is 18.5 Å². The zero-order chi connectivity index (χ0) is 10.8. The first-order valence-electron chi connectivity index (χ1n) is 6.08. The molecule has 2 aliphatic carbocycles. The van der Waals surface area contributed by atoms with Gasteiger partial charge >= 0.3 is 0 Å². The van der Waals surface area contributed by atoms with Gasteiger partial charge < -0.3 is 5.32 Å². The molecular weight excluding hydrogens is 182 g/mol. The summed E-state index contributed by atoms with van der Waals surface area (Å²) in [5.41, 5.74) is 0. The molecule has 1 N–H and O–H groups in total. The number of fused-ring (bicyclic) bond motifs is 2. The topological polar surface area (TPSA) is 12.0 Å². The number of rotatable bonds is 4. The van der Waals surface area contributed by atoms with Gasteiger partial charge in [0.1, 0.15) is 0 Å². The molecule has 5 unspecified atom stereocenters. The largest absolute Gasteiger partial charge is 0.311 e. The molecule has 1 nitrogen and oxygen atoms in total. The van der Waals surface area contributed by atoms with E-state index in [2.05, 4.69) is 37.2 Å². The van der Waals surface area contributed by atoms with Gasteiger partial charge in [0.2, 0.25) is 0 Å². The molecule has 0 amide bonds. The lowest BCUT2D eigenvalue weighted by Crippen LogP contribution is -2.40. The maximum absolute atomic E-state index is 5.32. The molecule has 0 radical (unpaired) electrons. The highest BCUT2D eigenvalue weighted by Crippen LogP contribution is 2.44. The van der Waals surface area contributed by atoms with E-state index in [0.29, 0.717) is 12.1 Å². The van der Waals surface area contributed by atoms with Crippen molar-refractivity contribution in [1.82, 2.24) is 5.32 Å². The van der Waals surface area contributed by atoms with Crippen molar-refractivity contribution in [3.05, 3.63) is 12.2 Å². The molecule has 2 aliphatic rings. The van der Waals surface area contributed by atoms with Gasteiger partial charge in [0.05, 0.1) is 0 Å². The molecule has 0 aliphatic heterocycles. The third kappa shape index (κ3) is 2.26. The second-order valence-corrected chi connectivity index (χ2v) is 5.21. The van der Waals surface area contributed by atoms with Crippen molar-refractivity contribution in [3.8, 4) is 12.3 Å². The van der Waals surface area contributed by atoms with Crippen LogP contribution in [0.25, 0.3) is 0 Å². The van der Waals surface area contributed by atoms with Crippen LogP contribution < -0.4 is 5.32 Å². The van der Waals surface area contributed by atoms with E-state index < -0.39 is 0 Å². The van der Waals surface area contributed by atoms with Crippen molar-refractivity contribution in [1.29, 1.82) is 0 Å². The summed E-state index contributed by atoms with van der Waals surface area (Å²) >= 11 is 0. The predicted octanol–water partition coefficient (Wildman–Crippen LogP) is 2.59. The van der Waals surface area contributed by atoms with E-state index >= 15 is 0 Å². The summed E-state index contributed by atoms with van der Waals surface area (Å²) in [4.78, 5) is 0. The molecule has 1 saturated carbocycles. The van der Waals surface area contributed by atoms with Crippen LogP contribution in [0.3, 0.4) is 0 Å². The molecule has 2 bridgehead atoms. The summed E-state index contributed by atoms with van der Waals surface area (Å²) < 4.78 is 0. The number of terminal acetylenes is 1. The van der Waals surface area contributed by atoms with Gasteiger partial charge in [-0.25, -0.2) is 0 Å². The lowest BCUT2D eigenvalue weighted by molar-refractivity contribution is 0.307. The Labute approximate surface area is 93.3 Å². The molecule has 5 atom stereocenters. The first kappa shape index (κ1) is 10.8. The van der Waals surface area contributed by atoms with Crippen molar-refractivity contribution in [3.63, 3.8) is 0 Å². The zero-order valence-electron chi connectivity index (χ0n) is 9.74. The lowest BCUT2D eigenvalue weighted by Gasteiger charge is -2.28. The lowest BCUT2D eigenvalue weighted by atomic mass is 9.87. The highest BCUT2D eigenvalue weighted by atomic mass is 14.9. The van der Waals surface area contributed by atoms with Crippen molar-refractivity contribution in [2.45, 2.75) is 45.2 Å². The molecule has 0 saturated heterocycles. The number of nitrogens with one attached hydrogen (secondary N) is 1. The second-order valence-electron chi connectivity index (χ2n) is 5.21. The van der Waals surface area contributed by atoms with Crippen molar-refractivity contribution < 1.29 is 0 Å². The molecule has 0 heterocycles. The quantitative estimate of drug-likeness (QED) is 0.547. The minimum Gasteiger partial charge on any atom is -0.311 e. The van der Waals surface area contributed by atoms with Gasteiger partial charge in [0.25, 0.3) is 0 Å². The van der Waals surface area contributed by atoms with Crippen LogP contribution in [0.1, 0.15) is 33.1 Å². The Morgan fingerprint density at radius 1 is 1.40 bits per heavy atom. The Morgan fingerprint density at radius 2 is 2.20 bits per heavy atom. The highest BCUT2D eigenvalue weighted by Gasteiger charge is 2.38. The fourth-order valence-corrected chi connectivity index (χ4v) is 3.21. The van der Waals surface area contributed by atoms with Crippen LogP contribution >= 0.6 is 0 Å². The van der Waals surface area contributed by atoms with Crippen LogP contribution in [0, 0.1) is 30.1 Å². The van der Waals surface area contributed by atoms with Gasteiger partial charge in [-0.05, 0) is 44.4 Å². The summed E-state index contributed by atoms with van der Waals surface area (Å²) in [6.45, 7) is 4.49. The van der Waals surface area contributed by atoms with Gasteiger partial charge in [-0.1, -0.05) is 12.2 Å². The minimum absolute atomic E-state index is 0.452. The van der Waals surface area contributed by atoms with Gasteiger partial charge in [-0.15, -0.1) is 12.3 Å². The number of hydrogen-bond donors (Lipinski definition) is 1. The van der Waals surface area contributed by atoms with Crippen LogP contribution in [-0.2, 0) is 0 Å². The molecule has 15 heavy (non-hydrogen) atoms. The first-order chi connectivity index (χ1) is 7.20. The zero-order valence-corrected chi connectivity index (χ0v) is 9.74. The molecule has 0 aromatic heterocycles. The van der Waals surface area contributed by atoms with Gasteiger partial charge in [0.15, 0.2) is 0 Å². The van der Waals surface area contributed by atoms with Crippen LogP contribution in [0.2, 0.25) is 0 Å². The molecule has 1 fully saturated rings. The Hall–Kier alpha value is -0.740. The Morgan fingerprint density at radius 3 is 2.73 bits per heavy atom. The smallest absolute Gasteiger partial charge is 0.0238 e. The highest BCUT2D eigenvalue weighted by molar-refractivity contribution is 5.11. The van der Waals surface area contributed by atoms with E-state index in [1.807, 2.05) is 0 Å². The average molecular weight is 203 g/mol. The Kier molecular flexibility index (Phi) is 3.17. The summed E-state index contributed by atoms with van der Waals surface area (Å²) in [6.07, 6.45) is 13.7. The number of allylic oxidation sites excluding steroid dienone is 2. The van der Waals surface area contributed by atoms with Gasteiger partial charge in [-0.2, -0.15) is 0 Å². The predicted molar refractivity (Wildman–Crippen MR) is 64.4 cm³/mol. The summed E-state index contributed by atoms with van der Waals surface area (Å²) in [5.74, 6) is 5.25. The van der Waals surface area contributed by atoms with Crippen molar-refractivity contribution in [2.24, 2.45) is 17.8 Å². The van der Waals surface area contributed by atoms with Crippen LogP contribution in [0.15, 0.2) is 12.2 Å². The van der Waals surface area contributed by atoms with E-state index in [0.717, 1.165) is 24.2 Å². The molecule has 0 aromatic carbocycles. The molecule has 2 rings (SSSR count). The van der Waals surface area contributed by atoms with Crippen molar-refractivity contribution in [2.75, 3.05) is 0 Å². The maximum atomic E-state index is 5.32. The van der Waals surface area contributed by atoms with E-state index in [1.165, 1.54) is 12.8 Å². The molecular formula is C14H21N. The maximum Gasteiger partial charge on any atom is 0.0238 e. The molecule has 82 valence electrons. The first-order valence-corrected chi connectivity index (χ1v) is 6.08. The van der Waals surface area contributed by atoms with E-state index in [-0.39, 0.29) is 0 Å². The summed E-state index contributed by atoms with van der Waals surface area (Å²) in [5, 5.41) is 3.63. The van der Waals surface area contributed by atoms with E-state index in [1.54, 1.807) is 0 Å². The third-order valence-corrected chi connectivity index (χ3v) is 3.94. The number of hydrogen-bond acceptors (Lipinski definition) is 1. The second kappa shape index (κ2) is 4.41. The minimum atomic E-state index is 0.452. The normalized spacial score (nSPS) is 36.5. The van der Waals surface area contributed by atoms with Crippen LogP contribution in [-0.4, -0.2) is 12.1 Å². The fraction of sp³-hybridized carbons (Fsp3) is 0.714. The van der Waals surface area contributed by atoms with Gasteiger partial charge in [-0.3, -0.25) is 0 Å². The third-order valence-electron chi connectivity index (χ3n) is 3.94. The van der Waals surface area contributed by atoms with Crippen molar-refractivity contribution >= 4 is 0 Å². The standard InChI is InChI=1S/C14H21N/c1-4-5-10(2)15-11(3)14-9-12-6-7-13(14)8-12/h1,6-7,10-15H,5,8-9H2,2-3H3. The van der Waals surface area contributed by atoms with Crippen LogP contribution in [0.5, 0.6) is 0 Å². The Balaban J connectivity index is 1.84. The summed E-state index contributed by atoms with van der Waals surface area (Å²) in [6, 6.07) is 1.06. The SMILES string of the molecule is C#CCC(C)NC(C)C1CC2C=CC1C2. The summed E-state index contributed by atoms with van der Waals surface area (Å²) in [7, 11) is 0. The fourth-order valence-electron chi connectivity index (χ4n) is 3.21. The molecule has 0 aromatic rings. The Bertz CT molecular complexity index is 286. The molecule has 0 spiro atoms. The average Bonchev–Trinajstić information content (AvgIpc) is 2.78. The molecule has 1 heteroatoms. The van der Waals surface area contributed by atoms with Crippen LogP contribution in [0.4, 0.5) is 0 Å². The monoisotopic (exact) mass is 203 g/mol. The van der Waals surface area contributed by atoms with E-state index in [4.69, 9.17) is 6.42 Å².